The van der Waals surface area contributed by atoms with Crippen LogP contribution in [0.2, 0.25) is 0 Å². The average Bonchev–Trinajstić information content (AvgIpc) is 2.07. The number of nitrogens with zero attached hydrogens (tertiary/aromatic N) is 2. The molecule has 0 bridgehead atoms. The summed E-state index contributed by atoms with van der Waals surface area (Å²) in [6, 6.07) is 0. The third-order valence-corrected chi connectivity index (χ3v) is 2.35. The van der Waals surface area contributed by atoms with E-state index in [2.05, 4.69) is 29.0 Å². The van der Waals surface area contributed by atoms with Crippen LogP contribution in [0.25, 0.3) is 6.08 Å². The van der Waals surface area contributed by atoms with Crippen LogP contribution >= 0.6 is 0 Å². The molecule has 1 atom stereocenters. The molecule has 0 aromatic carbocycles. The lowest BCUT2D eigenvalue weighted by atomic mass is 9.93. The molecule has 0 unspecified atom stereocenters. The summed E-state index contributed by atoms with van der Waals surface area (Å²) in [4.78, 5) is 8.46. The van der Waals surface area contributed by atoms with Gasteiger partial charge in [0.1, 0.15) is 6.33 Å². The molecular formula is C10H12N2. The van der Waals surface area contributed by atoms with Crippen LogP contribution in [0, 0.1) is 6.92 Å². The molecule has 1 heterocycles. The number of fused-ring (bicyclic) bond motifs is 1. The minimum atomic E-state index is 0.548. The highest BCUT2D eigenvalue weighted by atomic mass is 14.8. The van der Waals surface area contributed by atoms with Crippen molar-refractivity contribution in [2.45, 2.75) is 26.2 Å². The molecule has 0 fully saturated rings. The maximum atomic E-state index is 4.30. The predicted molar refractivity (Wildman–Crippen MR) is 48.8 cm³/mol. The number of aromatic nitrogens is 2. The van der Waals surface area contributed by atoms with Gasteiger partial charge in [-0.25, -0.2) is 9.97 Å². The molecule has 0 aliphatic heterocycles. The number of hydrogen-bond acceptors (Lipinski definition) is 2. The molecule has 0 saturated heterocycles. The van der Waals surface area contributed by atoms with E-state index in [1.165, 1.54) is 11.3 Å². The Morgan fingerprint density at radius 1 is 1.42 bits per heavy atom. The largest absolute Gasteiger partial charge is 0.241 e. The fraction of sp³-hybridized carbons (Fsp3) is 0.400. The maximum Gasteiger partial charge on any atom is 0.115 e. The van der Waals surface area contributed by atoms with Gasteiger partial charge < -0.3 is 0 Å². The van der Waals surface area contributed by atoms with Gasteiger partial charge in [-0.2, -0.15) is 0 Å². The molecule has 2 nitrogen and oxygen atoms in total. The van der Waals surface area contributed by atoms with Gasteiger partial charge in [0.05, 0.1) is 5.69 Å². The Labute approximate surface area is 72.4 Å². The van der Waals surface area contributed by atoms with Crippen molar-refractivity contribution in [3.63, 3.8) is 0 Å². The molecule has 1 aromatic heterocycles. The molecule has 1 aliphatic carbocycles. The quantitative estimate of drug-likeness (QED) is 0.582. The zero-order valence-electron chi connectivity index (χ0n) is 7.41. The Morgan fingerprint density at radius 2 is 2.25 bits per heavy atom. The minimum absolute atomic E-state index is 0.548. The van der Waals surface area contributed by atoms with E-state index >= 15 is 0 Å². The van der Waals surface area contributed by atoms with Gasteiger partial charge in [-0.05, 0) is 13.3 Å². The van der Waals surface area contributed by atoms with Gasteiger partial charge >= 0.3 is 0 Å². The molecule has 2 heteroatoms. The number of rotatable bonds is 0. The molecule has 0 saturated carbocycles. The van der Waals surface area contributed by atoms with Crippen molar-refractivity contribution >= 4 is 6.08 Å². The van der Waals surface area contributed by atoms with Crippen molar-refractivity contribution in [2.75, 3.05) is 0 Å². The van der Waals surface area contributed by atoms with E-state index in [0.29, 0.717) is 5.92 Å². The van der Waals surface area contributed by atoms with Gasteiger partial charge in [-0.3, -0.25) is 0 Å². The third-order valence-electron chi connectivity index (χ3n) is 2.35. The number of allylic oxidation sites excluding steroid dienone is 1. The van der Waals surface area contributed by atoms with Crippen LogP contribution in [0.5, 0.6) is 0 Å². The van der Waals surface area contributed by atoms with Crippen LogP contribution < -0.4 is 0 Å². The molecule has 62 valence electrons. The fourth-order valence-corrected chi connectivity index (χ4v) is 1.60. The monoisotopic (exact) mass is 160 g/mol. The second-order valence-corrected chi connectivity index (χ2v) is 3.30. The first kappa shape index (κ1) is 7.47. The van der Waals surface area contributed by atoms with Crippen molar-refractivity contribution < 1.29 is 0 Å². The molecule has 2 rings (SSSR count). The van der Waals surface area contributed by atoms with E-state index in [0.717, 1.165) is 12.1 Å². The van der Waals surface area contributed by atoms with Crippen LogP contribution in [-0.4, -0.2) is 9.97 Å². The van der Waals surface area contributed by atoms with Crippen molar-refractivity contribution in [1.29, 1.82) is 0 Å². The lowest BCUT2D eigenvalue weighted by Crippen LogP contribution is -2.05. The topological polar surface area (TPSA) is 25.8 Å². The standard InChI is InChI=1S/C10H12N2/c1-7-4-3-5-9-8(2)11-6-12-10(7)9/h3,5-7H,4H2,1-2H3/t7-/m0/s1. The van der Waals surface area contributed by atoms with Crippen LogP contribution in [0.1, 0.15) is 36.2 Å². The predicted octanol–water partition coefficient (Wildman–Crippen LogP) is 2.31. The van der Waals surface area contributed by atoms with E-state index < -0.39 is 0 Å². The molecule has 1 aliphatic rings. The third kappa shape index (κ3) is 1.04. The summed E-state index contributed by atoms with van der Waals surface area (Å²) < 4.78 is 0. The zero-order valence-corrected chi connectivity index (χ0v) is 7.41. The Hall–Kier alpha value is -1.18. The Kier molecular flexibility index (Phi) is 1.68. The van der Waals surface area contributed by atoms with Crippen LogP contribution in [-0.2, 0) is 0 Å². The molecule has 0 radical (unpaired) electrons. The van der Waals surface area contributed by atoms with Crippen molar-refractivity contribution in [1.82, 2.24) is 9.97 Å². The molecular weight excluding hydrogens is 148 g/mol. The Balaban J connectivity index is 2.61. The highest BCUT2D eigenvalue weighted by Gasteiger charge is 2.15. The Morgan fingerprint density at radius 3 is 3.00 bits per heavy atom. The zero-order chi connectivity index (χ0) is 8.55. The lowest BCUT2D eigenvalue weighted by molar-refractivity contribution is 0.730. The fourth-order valence-electron chi connectivity index (χ4n) is 1.60. The van der Waals surface area contributed by atoms with Gasteiger partial charge in [0, 0.05) is 17.2 Å². The Bertz CT molecular complexity index is 329. The summed E-state index contributed by atoms with van der Waals surface area (Å²) in [6.07, 6.45) is 7.08. The first-order valence-electron chi connectivity index (χ1n) is 4.27. The van der Waals surface area contributed by atoms with E-state index in [1.54, 1.807) is 6.33 Å². The first-order chi connectivity index (χ1) is 5.79. The summed E-state index contributed by atoms with van der Waals surface area (Å²) in [5.74, 6) is 0.548. The van der Waals surface area contributed by atoms with E-state index in [4.69, 9.17) is 0 Å². The van der Waals surface area contributed by atoms with Gasteiger partial charge in [0.25, 0.3) is 0 Å². The van der Waals surface area contributed by atoms with Crippen LogP contribution in [0.3, 0.4) is 0 Å². The number of aryl methyl sites for hydroxylation is 1. The smallest absolute Gasteiger partial charge is 0.115 e. The molecule has 12 heavy (non-hydrogen) atoms. The van der Waals surface area contributed by atoms with Gasteiger partial charge in [0.15, 0.2) is 0 Å². The van der Waals surface area contributed by atoms with E-state index in [9.17, 15) is 0 Å². The molecule has 1 aromatic rings. The summed E-state index contributed by atoms with van der Waals surface area (Å²) in [7, 11) is 0. The summed E-state index contributed by atoms with van der Waals surface area (Å²) >= 11 is 0. The van der Waals surface area contributed by atoms with Crippen LogP contribution in [0.4, 0.5) is 0 Å². The van der Waals surface area contributed by atoms with Crippen LogP contribution in [0.15, 0.2) is 12.4 Å². The van der Waals surface area contributed by atoms with Crippen molar-refractivity contribution in [3.05, 3.63) is 29.4 Å². The van der Waals surface area contributed by atoms with Crippen molar-refractivity contribution in [2.24, 2.45) is 0 Å². The SMILES string of the molecule is Cc1ncnc2c1C=CC[C@@H]2C. The minimum Gasteiger partial charge on any atom is -0.241 e. The average molecular weight is 160 g/mol. The van der Waals surface area contributed by atoms with E-state index in [1.807, 2.05) is 6.92 Å². The van der Waals surface area contributed by atoms with E-state index in [-0.39, 0.29) is 0 Å². The normalized spacial score (nSPS) is 20.7. The maximum absolute atomic E-state index is 4.30. The van der Waals surface area contributed by atoms with Gasteiger partial charge in [0.2, 0.25) is 0 Å². The highest BCUT2D eigenvalue weighted by Crippen LogP contribution is 2.27. The molecule has 0 N–H and O–H groups in total. The summed E-state index contributed by atoms with van der Waals surface area (Å²) in [5.41, 5.74) is 3.50. The lowest BCUT2D eigenvalue weighted by Gasteiger charge is -2.16. The van der Waals surface area contributed by atoms with Crippen molar-refractivity contribution in [3.8, 4) is 0 Å². The first-order valence-corrected chi connectivity index (χ1v) is 4.27. The van der Waals surface area contributed by atoms with Gasteiger partial charge in [-0.1, -0.05) is 19.1 Å². The molecule has 0 amide bonds. The second kappa shape index (κ2) is 2.70. The molecule has 0 spiro atoms. The summed E-state index contributed by atoms with van der Waals surface area (Å²) in [6.45, 7) is 4.23. The summed E-state index contributed by atoms with van der Waals surface area (Å²) in [5, 5.41) is 0. The highest BCUT2D eigenvalue weighted by molar-refractivity contribution is 5.57. The van der Waals surface area contributed by atoms with Gasteiger partial charge in [-0.15, -0.1) is 0 Å². The second-order valence-electron chi connectivity index (χ2n) is 3.30. The number of hydrogen-bond donors (Lipinski definition) is 0.